The first-order chi connectivity index (χ1) is 10.2. The lowest BCUT2D eigenvalue weighted by Gasteiger charge is -2.11. The molecule has 2 aromatic carbocycles. The topological polar surface area (TPSA) is 64.3 Å². The summed E-state index contributed by atoms with van der Waals surface area (Å²) in [5.74, 6) is 0.883. The SMILES string of the molecule is COc1ccc2c(C)c(CC(=O)NCCCN)ccc2c1. The van der Waals surface area contributed by atoms with Gasteiger partial charge in [0.2, 0.25) is 5.91 Å². The highest BCUT2D eigenvalue weighted by atomic mass is 16.5. The molecule has 0 spiro atoms. The maximum Gasteiger partial charge on any atom is 0.224 e. The highest BCUT2D eigenvalue weighted by Gasteiger charge is 2.08. The molecule has 0 aliphatic heterocycles. The van der Waals surface area contributed by atoms with Crippen LogP contribution in [0.2, 0.25) is 0 Å². The fourth-order valence-electron chi connectivity index (χ4n) is 2.39. The number of methoxy groups -OCH3 is 1. The molecule has 4 heteroatoms. The van der Waals surface area contributed by atoms with Gasteiger partial charge in [0.05, 0.1) is 13.5 Å². The van der Waals surface area contributed by atoms with Gasteiger partial charge in [-0.25, -0.2) is 0 Å². The minimum Gasteiger partial charge on any atom is -0.497 e. The zero-order valence-corrected chi connectivity index (χ0v) is 12.6. The zero-order chi connectivity index (χ0) is 15.2. The highest BCUT2D eigenvalue weighted by Crippen LogP contribution is 2.26. The number of hydrogen-bond acceptors (Lipinski definition) is 3. The molecule has 0 saturated carbocycles. The number of ether oxygens (including phenoxy) is 1. The lowest BCUT2D eigenvalue weighted by Crippen LogP contribution is -2.27. The van der Waals surface area contributed by atoms with Crippen molar-refractivity contribution in [2.75, 3.05) is 20.2 Å². The number of hydrogen-bond donors (Lipinski definition) is 2. The number of nitrogens with one attached hydrogen (secondary N) is 1. The molecular weight excluding hydrogens is 264 g/mol. The van der Waals surface area contributed by atoms with E-state index in [4.69, 9.17) is 10.5 Å². The summed E-state index contributed by atoms with van der Waals surface area (Å²) in [4.78, 5) is 11.9. The molecule has 0 saturated heterocycles. The number of amides is 1. The second-order valence-electron chi connectivity index (χ2n) is 5.11. The number of carbonyl (C=O) groups is 1. The molecular formula is C17H22N2O2. The number of aryl methyl sites for hydroxylation is 1. The monoisotopic (exact) mass is 286 g/mol. The van der Waals surface area contributed by atoms with Gasteiger partial charge < -0.3 is 15.8 Å². The molecule has 0 aromatic heterocycles. The van der Waals surface area contributed by atoms with E-state index < -0.39 is 0 Å². The fraction of sp³-hybridized carbons (Fsp3) is 0.353. The average Bonchev–Trinajstić information content (AvgIpc) is 2.50. The molecule has 0 heterocycles. The van der Waals surface area contributed by atoms with Crippen molar-refractivity contribution in [2.45, 2.75) is 19.8 Å². The smallest absolute Gasteiger partial charge is 0.224 e. The summed E-state index contributed by atoms with van der Waals surface area (Å²) >= 11 is 0. The van der Waals surface area contributed by atoms with Crippen molar-refractivity contribution in [3.8, 4) is 5.75 Å². The first-order valence-corrected chi connectivity index (χ1v) is 7.18. The Bertz CT molecular complexity index is 638. The van der Waals surface area contributed by atoms with Crippen molar-refractivity contribution < 1.29 is 9.53 Å². The molecule has 0 atom stereocenters. The molecule has 4 nitrogen and oxygen atoms in total. The average molecular weight is 286 g/mol. The van der Waals surface area contributed by atoms with Crippen LogP contribution in [0, 0.1) is 6.92 Å². The van der Waals surface area contributed by atoms with E-state index in [1.807, 2.05) is 30.3 Å². The van der Waals surface area contributed by atoms with Gasteiger partial charge >= 0.3 is 0 Å². The van der Waals surface area contributed by atoms with E-state index >= 15 is 0 Å². The quantitative estimate of drug-likeness (QED) is 0.800. The minimum absolute atomic E-state index is 0.0411. The van der Waals surface area contributed by atoms with E-state index in [1.54, 1.807) is 7.11 Å². The number of rotatable bonds is 6. The number of fused-ring (bicyclic) bond motifs is 1. The van der Waals surface area contributed by atoms with Crippen LogP contribution < -0.4 is 15.8 Å². The minimum atomic E-state index is 0.0411. The van der Waals surface area contributed by atoms with Crippen LogP contribution in [0.1, 0.15) is 17.5 Å². The molecule has 21 heavy (non-hydrogen) atoms. The Morgan fingerprint density at radius 2 is 2.10 bits per heavy atom. The molecule has 0 aliphatic carbocycles. The second-order valence-corrected chi connectivity index (χ2v) is 5.11. The predicted octanol–water partition coefficient (Wildman–Crippen LogP) is 2.16. The van der Waals surface area contributed by atoms with E-state index in [2.05, 4.69) is 12.2 Å². The Hall–Kier alpha value is -2.07. The normalized spacial score (nSPS) is 10.6. The van der Waals surface area contributed by atoms with Gasteiger partial charge in [-0.2, -0.15) is 0 Å². The number of benzene rings is 2. The Morgan fingerprint density at radius 3 is 2.81 bits per heavy atom. The molecule has 3 N–H and O–H groups in total. The van der Waals surface area contributed by atoms with Crippen LogP contribution in [-0.2, 0) is 11.2 Å². The van der Waals surface area contributed by atoms with Crippen LogP contribution in [0.5, 0.6) is 5.75 Å². The van der Waals surface area contributed by atoms with E-state index in [9.17, 15) is 4.79 Å². The third-order valence-corrected chi connectivity index (χ3v) is 3.66. The van der Waals surface area contributed by atoms with Crippen molar-refractivity contribution in [1.82, 2.24) is 5.32 Å². The van der Waals surface area contributed by atoms with Gasteiger partial charge in [-0.15, -0.1) is 0 Å². The predicted molar refractivity (Wildman–Crippen MR) is 85.6 cm³/mol. The van der Waals surface area contributed by atoms with Crippen LogP contribution in [0.3, 0.4) is 0 Å². The maximum atomic E-state index is 11.9. The lowest BCUT2D eigenvalue weighted by atomic mass is 9.98. The lowest BCUT2D eigenvalue weighted by molar-refractivity contribution is -0.120. The van der Waals surface area contributed by atoms with Crippen LogP contribution in [0.4, 0.5) is 0 Å². The number of carbonyl (C=O) groups excluding carboxylic acids is 1. The summed E-state index contributed by atoms with van der Waals surface area (Å²) in [6, 6.07) is 10.0. The summed E-state index contributed by atoms with van der Waals surface area (Å²) in [6.07, 6.45) is 1.21. The van der Waals surface area contributed by atoms with E-state index in [-0.39, 0.29) is 5.91 Å². The van der Waals surface area contributed by atoms with Gasteiger partial charge in [0.15, 0.2) is 0 Å². The largest absolute Gasteiger partial charge is 0.497 e. The third kappa shape index (κ3) is 3.73. The Kier molecular flexibility index (Phi) is 5.17. The molecule has 112 valence electrons. The summed E-state index contributed by atoms with van der Waals surface area (Å²) in [6.45, 7) is 3.29. The van der Waals surface area contributed by atoms with E-state index in [1.165, 1.54) is 0 Å². The van der Waals surface area contributed by atoms with Crippen LogP contribution in [-0.4, -0.2) is 26.1 Å². The van der Waals surface area contributed by atoms with Gasteiger partial charge in [0, 0.05) is 6.54 Å². The first-order valence-electron chi connectivity index (χ1n) is 7.18. The van der Waals surface area contributed by atoms with Gasteiger partial charge in [0.1, 0.15) is 5.75 Å². The van der Waals surface area contributed by atoms with Crippen molar-refractivity contribution in [2.24, 2.45) is 5.73 Å². The molecule has 2 rings (SSSR count). The molecule has 0 unspecified atom stereocenters. The standard InChI is InChI=1S/C17H22N2O2/c1-12-13(11-17(20)19-9-3-8-18)4-5-14-10-15(21-2)6-7-16(12)14/h4-7,10H,3,8-9,11,18H2,1-2H3,(H,19,20). The van der Waals surface area contributed by atoms with Crippen LogP contribution >= 0.6 is 0 Å². The summed E-state index contributed by atoms with van der Waals surface area (Å²) in [5, 5.41) is 5.17. The highest BCUT2D eigenvalue weighted by molar-refractivity contribution is 5.89. The van der Waals surface area contributed by atoms with Gasteiger partial charge in [-0.1, -0.05) is 18.2 Å². The van der Waals surface area contributed by atoms with Crippen molar-refractivity contribution in [1.29, 1.82) is 0 Å². The van der Waals surface area contributed by atoms with E-state index in [0.717, 1.165) is 34.1 Å². The Morgan fingerprint density at radius 1 is 1.29 bits per heavy atom. The van der Waals surface area contributed by atoms with Gasteiger partial charge in [-0.05, 0) is 53.9 Å². The summed E-state index contributed by atoms with van der Waals surface area (Å²) < 4.78 is 5.24. The molecule has 2 aromatic rings. The van der Waals surface area contributed by atoms with Crippen LogP contribution in [0.15, 0.2) is 30.3 Å². The Balaban J connectivity index is 2.17. The van der Waals surface area contributed by atoms with Crippen molar-refractivity contribution >= 4 is 16.7 Å². The van der Waals surface area contributed by atoms with Crippen molar-refractivity contribution in [3.05, 3.63) is 41.5 Å². The molecule has 1 amide bonds. The maximum absolute atomic E-state index is 11.9. The summed E-state index contributed by atoms with van der Waals surface area (Å²) in [7, 11) is 1.66. The van der Waals surface area contributed by atoms with Gasteiger partial charge in [-0.3, -0.25) is 4.79 Å². The van der Waals surface area contributed by atoms with Gasteiger partial charge in [0.25, 0.3) is 0 Å². The first kappa shape index (κ1) is 15.3. The Labute approximate surface area is 125 Å². The third-order valence-electron chi connectivity index (χ3n) is 3.66. The van der Waals surface area contributed by atoms with Crippen molar-refractivity contribution in [3.63, 3.8) is 0 Å². The van der Waals surface area contributed by atoms with Crippen LogP contribution in [0.25, 0.3) is 10.8 Å². The zero-order valence-electron chi connectivity index (χ0n) is 12.6. The molecule has 0 radical (unpaired) electrons. The second kappa shape index (κ2) is 7.09. The molecule has 0 bridgehead atoms. The summed E-state index contributed by atoms with van der Waals surface area (Å²) in [5.41, 5.74) is 7.61. The fourth-order valence-corrected chi connectivity index (χ4v) is 2.39. The molecule has 0 fully saturated rings. The van der Waals surface area contributed by atoms with E-state index in [0.29, 0.717) is 19.5 Å². The number of nitrogens with two attached hydrogens (primary N) is 1. The molecule has 0 aliphatic rings.